The summed E-state index contributed by atoms with van der Waals surface area (Å²) in [5, 5.41) is 14.1. The second kappa shape index (κ2) is 5.39. The van der Waals surface area contributed by atoms with E-state index in [-0.39, 0.29) is 0 Å². The second-order valence-electron chi connectivity index (χ2n) is 5.28. The van der Waals surface area contributed by atoms with Crippen LogP contribution in [0.5, 0.6) is 0 Å². The molecule has 0 aliphatic rings. The van der Waals surface area contributed by atoms with Gasteiger partial charge >= 0.3 is 0 Å². The zero-order chi connectivity index (χ0) is 14.1. The van der Waals surface area contributed by atoms with E-state index in [9.17, 15) is 5.11 Å². The highest BCUT2D eigenvalue weighted by Gasteiger charge is 2.15. The van der Waals surface area contributed by atoms with Crippen molar-refractivity contribution in [1.29, 1.82) is 0 Å². The van der Waals surface area contributed by atoms with Crippen LogP contribution in [-0.2, 0) is 6.42 Å². The third-order valence-corrected chi connectivity index (χ3v) is 4.86. The normalized spacial score (nSPS) is 12.8. The molecule has 3 aromatic rings. The lowest BCUT2D eigenvalue weighted by Crippen LogP contribution is -2.05. The monoisotopic (exact) mass is 282 g/mol. The van der Waals surface area contributed by atoms with Crippen LogP contribution in [-0.4, -0.2) is 5.11 Å². The Morgan fingerprint density at radius 2 is 1.70 bits per heavy atom. The molecule has 1 nitrogen and oxygen atoms in total. The highest BCUT2D eigenvalue weighted by atomic mass is 32.1. The van der Waals surface area contributed by atoms with E-state index in [0.29, 0.717) is 6.42 Å². The van der Waals surface area contributed by atoms with E-state index in [4.69, 9.17) is 0 Å². The fourth-order valence-corrected chi connectivity index (χ4v) is 3.83. The van der Waals surface area contributed by atoms with Crippen molar-refractivity contribution in [3.63, 3.8) is 0 Å². The maximum Gasteiger partial charge on any atom is 0.0836 e. The van der Waals surface area contributed by atoms with Crippen LogP contribution in [0.1, 0.15) is 28.4 Å². The standard InChI is InChI=1S/C18H18OS/c1-12-6-5-7-13(2)18(12)16(19)10-14-11-20-17-9-4-3-8-15(14)17/h3-9,11,16,19H,10H2,1-2H3. The molecule has 0 bridgehead atoms. The molecule has 102 valence electrons. The van der Waals surface area contributed by atoms with Gasteiger partial charge in [0, 0.05) is 11.1 Å². The second-order valence-corrected chi connectivity index (χ2v) is 6.19. The third kappa shape index (κ3) is 2.37. The third-order valence-electron chi connectivity index (χ3n) is 3.85. The molecule has 1 N–H and O–H groups in total. The molecule has 1 heterocycles. The fourth-order valence-electron chi connectivity index (χ4n) is 2.85. The number of benzene rings is 2. The first-order valence-corrected chi connectivity index (χ1v) is 7.74. The molecule has 1 atom stereocenters. The Morgan fingerprint density at radius 1 is 1.00 bits per heavy atom. The Morgan fingerprint density at radius 3 is 2.45 bits per heavy atom. The van der Waals surface area contributed by atoms with Crippen LogP contribution in [0.15, 0.2) is 47.8 Å². The number of aliphatic hydroxyl groups is 1. The van der Waals surface area contributed by atoms with E-state index in [1.165, 1.54) is 15.6 Å². The zero-order valence-electron chi connectivity index (χ0n) is 11.8. The molecule has 0 saturated heterocycles. The number of thiophene rings is 1. The molecule has 2 heteroatoms. The lowest BCUT2D eigenvalue weighted by Gasteiger charge is -2.16. The molecule has 20 heavy (non-hydrogen) atoms. The first kappa shape index (κ1) is 13.3. The largest absolute Gasteiger partial charge is 0.388 e. The average molecular weight is 282 g/mol. The molecule has 3 rings (SSSR count). The van der Waals surface area contributed by atoms with Gasteiger partial charge in [-0.05, 0) is 52.9 Å². The predicted molar refractivity (Wildman–Crippen MR) is 86.4 cm³/mol. The van der Waals surface area contributed by atoms with Gasteiger partial charge in [-0.2, -0.15) is 0 Å². The van der Waals surface area contributed by atoms with Gasteiger partial charge in [0.1, 0.15) is 0 Å². The van der Waals surface area contributed by atoms with Gasteiger partial charge in [-0.1, -0.05) is 36.4 Å². The van der Waals surface area contributed by atoms with Crippen molar-refractivity contribution in [2.75, 3.05) is 0 Å². The van der Waals surface area contributed by atoms with Crippen LogP contribution >= 0.6 is 11.3 Å². The van der Waals surface area contributed by atoms with Gasteiger partial charge in [-0.3, -0.25) is 0 Å². The highest BCUT2D eigenvalue weighted by molar-refractivity contribution is 7.17. The minimum absolute atomic E-state index is 0.436. The minimum Gasteiger partial charge on any atom is -0.388 e. The summed E-state index contributed by atoms with van der Waals surface area (Å²) in [5.74, 6) is 0. The molecular formula is C18H18OS. The molecular weight excluding hydrogens is 264 g/mol. The molecule has 0 radical (unpaired) electrons. The average Bonchev–Trinajstić information content (AvgIpc) is 2.82. The van der Waals surface area contributed by atoms with E-state index in [1.807, 2.05) is 6.07 Å². The molecule has 0 saturated carbocycles. The summed E-state index contributed by atoms with van der Waals surface area (Å²) in [4.78, 5) is 0. The molecule has 2 aromatic carbocycles. The summed E-state index contributed by atoms with van der Waals surface area (Å²) in [6, 6.07) is 14.6. The van der Waals surface area contributed by atoms with Gasteiger partial charge in [0.05, 0.1) is 6.10 Å². The number of aliphatic hydroxyl groups excluding tert-OH is 1. The Balaban J connectivity index is 1.95. The maximum absolute atomic E-state index is 10.6. The van der Waals surface area contributed by atoms with Crippen molar-refractivity contribution in [3.05, 3.63) is 70.1 Å². The van der Waals surface area contributed by atoms with E-state index in [2.05, 4.69) is 55.6 Å². The summed E-state index contributed by atoms with van der Waals surface area (Å²) in [7, 11) is 0. The van der Waals surface area contributed by atoms with Gasteiger partial charge in [0.15, 0.2) is 0 Å². The van der Waals surface area contributed by atoms with Crippen molar-refractivity contribution in [3.8, 4) is 0 Å². The van der Waals surface area contributed by atoms with Gasteiger partial charge in [-0.25, -0.2) is 0 Å². The van der Waals surface area contributed by atoms with Crippen molar-refractivity contribution in [2.24, 2.45) is 0 Å². The van der Waals surface area contributed by atoms with Crippen molar-refractivity contribution in [1.82, 2.24) is 0 Å². The number of hydrogen-bond donors (Lipinski definition) is 1. The number of rotatable bonds is 3. The van der Waals surface area contributed by atoms with Gasteiger partial charge in [-0.15, -0.1) is 11.3 Å². The summed E-state index contributed by atoms with van der Waals surface area (Å²) in [6.45, 7) is 4.13. The van der Waals surface area contributed by atoms with E-state index in [1.54, 1.807) is 11.3 Å². The molecule has 0 aliphatic carbocycles. The Kier molecular flexibility index (Phi) is 3.60. The molecule has 1 aromatic heterocycles. The van der Waals surface area contributed by atoms with E-state index >= 15 is 0 Å². The SMILES string of the molecule is Cc1cccc(C)c1C(O)Cc1csc2ccccc12. The summed E-state index contributed by atoms with van der Waals surface area (Å²) in [5.41, 5.74) is 4.64. The predicted octanol–water partition coefficient (Wildman–Crippen LogP) is 4.79. The number of aryl methyl sites for hydroxylation is 2. The van der Waals surface area contributed by atoms with Crippen LogP contribution in [0, 0.1) is 13.8 Å². The van der Waals surface area contributed by atoms with Gasteiger partial charge in [0.25, 0.3) is 0 Å². The number of hydrogen-bond acceptors (Lipinski definition) is 2. The molecule has 0 aliphatic heterocycles. The van der Waals surface area contributed by atoms with E-state index in [0.717, 1.165) is 16.7 Å². The van der Waals surface area contributed by atoms with Crippen molar-refractivity contribution >= 4 is 21.4 Å². The lowest BCUT2D eigenvalue weighted by atomic mass is 9.94. The Bertz CT molecular complexity index is 722. The van der Waals surface area contributed by atoms with E-state index < -0.39 is 6.10 Å². The summed E-state index contributed by atoms with van der Waals surface area (Å²) in [6.07, 6.45) is 0.240. The highest BCUT2D eigenvalue weighted by Crippen LogP contribution is 2.31. The van der Waals surface area contributed by atoms with Crippen LogP contribution in [0.3, 0.4) is 0 Å². The fraction of sp³-hybridized carbons (Fsp3) is 0.222. The van der Waals surface area contributed by atoms with Crippen LogP contribution in [0.25, 0.3) is 10.1 Å². The lowest BCUT2D eigenvalue weighted by molar-refractivity contribution is 0.177. The van der Waals surface area contributed by atoms with Crippen molar-refractivity contribution in [2.45, 2.75) is 26.4 Å². The molecule has 1 unspecified atom stereocenters. The van der Waals surface area contributed by atoms with Crippen LogP contribution in [0.2, 0.25) is 0 Å². The van der Waals surface area contributed by atoms with Gasteiger partial charge in [0.2, 0.25) is 0 Å². The maximum atomic E-state index is 10.6. The first-order chi connectivity index (χ1) is 9.66. The Labute approximate surface area is 123 Å². The summed E-state index contributed by atoms with van der Waals surface area (Å²) >= 11 is 1.75. The smallest absolute Gasteiger partial charge is 0.0836 e. The summed E-state index contributed by atoms with van der Waals surface area (Å²) < 4.78 is 1.29. The quantitative estimate of drug-likeness (QED) is 0.732. The minimum atomic E-state index is -0.436. The zero-order valence-corrected chi connectivity index (χ0v) is 12.6. The van der Waals surface area contributed by atoms with Gasteiger partial charge < -0.3 is 5.11 Å². The van der Waals surface area contributed by atoms with Crippen LogP contribution < -0.4 is 0 Å². The molecule has 0 fully saturated rings. The number of fused-ring (bicyclic) bond motifs is 1. The Hall–Kier alpha value is -1.64. The molecule has 0 spiro atoms. The topological polar surface area (TPSA) is 20.2 Å². The van der Waals surface area contributed by atoms with Crippen LogP contribution in [0.4, 0.5) is 0 Å². The van der Waals surface area contributed by atoms with Crippen molar-refractivity contribution < 1.29 is 5.11 Å². The molecule has 0 amide bonds. The first-order valence-electron chi connectivity index (χ1n) is 6.86.